The van der Waals surface area contributed by atoms with Gasteiger partial charge in [0.05, 0.1) is 51.9 Å². The van der Waals surface area contributed by atoms with Crippen LogP contribution < -0.4 is 24.3 Å². The van der Waals surface area contributed by atoms with Crippen molar-refractivity contribution in [1.82, 2.24) is 24.9 Å². The Labute approximate surface area is 297 Å². The van der Waals surface area contributed by atoms with E-state index in [2.05, 4.69) is 15.6 Å². The van der Waals surface area contributed by atoms with Gasteiger partial charge < -0.3 is 29.2 Å². The van der Waals surface area contributed by atoms with Crippen LogP contribution in [-0.2, 0) is 22.7 Å². The van der Waals surface area contributed by atoms with Gasteiger partial charge in [-0.05, 0) is 54.1 Å². The van der Waals surface area contributed by atoms with E-state index in [1.807, 2.05) is 41.8 Å². The van der Waals surface area contributed by atoms with Gasteiger partial charge in [0, 0.05) is 22.0 Å². The third kappa shape index (κ3) is 7.33. The second kappa shape index (κ2) is 15.3. The number of para-hydroxylation sites is 1. The van der Waals surface area contributed by atoms with Crippen LogP contribution in [0.4, 0.5) is 5.69 Å². The third-order valence-corrected chi connectivity index (χ3v) is 9.06. The van der Waals surface area contributed by atoms with Gasteiger partial charge in [-0.2, -0.15) is 0 Å². The summed E-state index contributed by atoms with van der Waals surface area (Å²) in [7, 11) is 6.07. The second-order valence-corrected chi connectivity index (χ2v) is 12.3. The van der Waals surface area contributed by atoms with Crippen LogP contribution in [-0.4, -0.2) is 65.1 Å². The van der Waals surface area contributed by atoms with E-state index in [1.165, 1.54) is 42.2 Å². The number of halogens is 1. The van der Waals surface area contributed by atoms with Crippen molar-refractivity contribution in [2.45, 2.75) is 19.1 Å². The molecule has 4 aromatic carbocycles. The molecule has 0 saturated carbocycles. The number of hydrogen-bond donors (Lipinski definition) is 1. The summed E-state index contributed by atoms with van der Waals surface area (Å²) in [5.41, 5.74) is 3.75. The number of fused-ring (bicyclic) bond motifs is 1. The summed E-state index contributed by atoms with van der Waals surface area (Å²) in [5, 5.41) is 14.5. The summed E-state index contributed by atoms with van der Waals surface area (Å²) in [4.78, 5) is 35.4. The molecule has 0 saturated heterocycles. The van der Waals surface area contributed by atoms with E-state index in [-0.39, 0.29) is 13.1 Å². The minimum Gasteiger partial charge on any atom is -0.497 e. The molecular weight excluding hydrogens is 680 g/mol. The van der Waals surface area contributed by atoms with Gasteiger partial charge in [0.25, 0.3) is 5.91 Å². The summed E-state index contributed by atoms with van der Waals surface area (Å²) >= 11 is 7.49. The van der Waals surface area contributed by atoms with Crippen molar-refractivity contribution in [3.63, 3.8) is 0 Å². The highest BCUT2D eigenvalue weighted by Crippen LogP contribution is 2.36. The minimum atomic E-state index is -1.17. The molecule has 6 aromatic rings. The zero-order valence-corrected chi connectivity index (χ0v) is 29.2. The van der Waals surface area contributed by atoms with Crippen LogP contribution in [0, 0.1) is 0 Å². The molecule has 256 valence electrons. The van der Waals surface area contributed by atoms with E-state index in [9.17, 15) is 9.59 Å². The summed E-state index contributed by atoms with van der Waals surface area (Å²) < 4.78 is 23.5. The highest BCUT2D eigenvalue weighted by Gasteiger charge is 2.34. The summed E-state index contributed by atoms with van der Waals surface area (Å²) in [6, 6.07) is 23.6. The lowest BCUT2D eigenvalue weighted by Crippen LogP contribution is -2.42. The van der Waals surface area contributed by atoms with Crippen LogP contribution in [0.2, 0.25) is 5.02 Å². The fourth-order valence-corrected chi connectivity index (χ4v) is 6.38. The third-order valence-electron chi connectivity index (χ3n) is 7.97. The van der Waals surface area contributed by atoms with E-state index in [1.54, 1.807) is 55.6 Å². The molecule has 0 aliphatic heterocycles. The van der Waals surface area contributed by atoms with Gasteiger partial charge in [0.1, 0.15) is 34.6 Å². The van der Waals surface area contributed by atoms with Crippen LogP contribution in [0.25, 0.3) is 22.3 Å². The van der Waals surface area contributed by atoms with Gasteiger partial charge in [-0.15, -0.1) is 16.4 Å². The zero-order chi connectivity index (χ0) is 35.2. The number of nitrogens with zero attached hydrogens (tertiary/aromatic N) is 5. The van der Waals surface area contributed by atoms with Crippen LogP contribution in [0.1, 0.15) is 16.6 Å². The van der Waals surface area contributed by atoms with Crippen molar-refractivity contribution < 1.29 is 28.5 Å². The number of rotatable bonds is 13. The van der Waals surface area contributed by atoms with Gasteiger partial charge in [-0.25, -0.2) is 9.67 Å². The van der Waals surface area contributed by atoms with Crippen LogP contribution in [0.3, 0.4) is 0 Å². The summed E-state index contributed by atoms with van der Waals surface area (Å²) in [5.74, 6) is 0.870. The number of amides is 2. The summed E-state index contributed by atoms with van der Waals surface area (Å²) in [6.07, 6.45) is 0. The fourth-order valence-electron chi connectivity index (χ4n) is 5.46. The first kappa shape index (κ1) is 34.2. The average Bonchev–Trinajstić information content (AvgIpc) is 3.79. The lowest BCUT2D eigenvalue weighted by atomic mass is 10.0. The normalized spacial score (nSPS) is 11.5. The molecule has 50 heavy (non-hydrogen) atoms. The molecule has 6 rings (SSSR count). The largest absolute Gasteiger partial charge is 0.497 e. The quantitative estimate of drug-likeness (QED) is 0.140. The number of hydrogen-bond acceptors (Lipinski definition) is 10. The van der Waals surface area contributed by atoms with E-state index in [0.717, 1.165) is 5.56 Å². The van der Waals surface area contributed by atoms with Crippen molar-refractivity contribution in [2.24, 2.45) is 0 Å². The molecule has 1 atom stereocenters. The standard InChI is InChI=1S/C36H33ClN6O6S/c1-46-25-14-15-27(31(18-25)48-3)39-36(45)35(23-11-16-30(47-2)32(17-23)49-4)42(34(44)20-43-29-8-6-5-7-26(29)40-41-43)19-33-38-28(21-50-33)22-9-12-24(37)13-10-22/h5-18,21,35H,19-20H2,1-4H3,(H,39,45). The predicted octanol–water partition coefficient (Wildman–Crippen LogP) is 6.65. The predicted molar refractivity (Wildman–Crippen MR) is 191 cm³/mol. The minimum absolute atomic E-state index is 0.00407. The van der Waals surface area contributed by atoms with E-state index in [0.29, 0.717) is 61.0 Å². The molecule has 12 nitrogen and oxygen atoms in total. The Morgan fingerprint density at radius 3 is 2.38 bits per heavy atom. The Balaban J connectivity index is 1.44. The maximum Gasteiger partial charge on any atom is 0.251 e. The van der Waals surface area contributed by atoms with Gasteiger partial charge in [-0.1, -0.05) is 47.1 Å². The number of benzene rings is 4. The number of carbonyl (C=O) groups excluding carboxylic acids is 2. The number of aromatic nitrogens is 4. The topological polar surface area (TPSA) is 130 Å². The number of carbonyl (C=O) groups is 2. The monoisotopic (exact) mass is 712 g/mol. The van der Waals surface area contributed by atoms with Gasteiger partial charge in [0.2, 0.25) is 5.91 Å². The van der Waals surface area contributed by atoms with Crippen molar-refractivity contribution in [2.75, 3.05) is 33.8 Å². The maximum atomic E-state index is 14.6. The number of ether oxygens (including phenoxy) is 4. The molecule has 0 aliphatic carbocycles. The Morgan fingerprint density at radius 2 is 1.64 bits per heavy atom. The van der Waals surface area contributed by atoms with Gasteiger partial charge in [0.15, 0.2) is 11.5 Å². The van der Waals surface area contributed by atoms with Crippen LogP contribution in [0.15, 0.2) is 90.3 Å². The molecule has 1 N–H and O–H groups in total. The summed E-state index contributed by atoms with van der Waals surface area (Å²) in [6.45, 7) is -0.200. The SMILES string of the molecule is COc1ccc(NC(=O)C(c2ccc(OC)c(OC)c2)N(Cc2nc(-c3ccc(Cl)cc3)cs2)C(=O)Cn2nnc3ccccc32)c(OC)c1. The smallest absolute Gasteiger partial charge is 0.251 e. The van der Waals surface area contributed by atoms with E-state index >= 15 is 0 Å². The van der Waals surface area contributed by atoms with Crippen molar-refractivity contribution in [1.29, 1.82) is 0 Å². The van der Waals surface area contributed by atoms with Crippen molar-refractivity contribution in [3.8, 4) is 34.3 Å². The first-order chi connectivity index (χ1) is 24.3. The average molecular weight is 713 g/mol. The van der Waals surface area contributed by atoms with E-state index in [4.69, 9.17) is 35.5 Å². The highest BCUT2D eigenvalue weighted by atomic mass is 35.5. The molecule has 0 radical (unpaired) electrons. The maximum absolute atomic E-state index is 14.6. The Kier molecular flexibility index (Phi) is 10.4. The molecule has 0 spiro atoms. The van der Waals surface area contributed by atoms with Gasteiger partial charge in [-0.3, -0.25) is 9.59 Å². The second-order valence-electron chi connectivity index (χ2n) is 11.0. The lowest BCUT2D eigenvalue weighted by Gasteiger charge is -2.31. The molecule has 2 aromatic heterocycles. The van der Waals surface area contributed by atoms with Gasteiger partial charge >= 0.3 is 0 Å². The fraction of sp³-hybridized carbons (Fsp3) is 0.194. The van der Waals surface area contributed by atoms with Crippen LogP contribution in [0.5, 0.6) is 23.0 Å². The number of anilines is 1. The molecule has 0 fully saturated rings. The molecule has 1 unspecified atom stereocenters. The highest BCUT2D eigenvalue weighted by molar-refractivity contribution is 7.09. The first-order valence-corrected chi connectivity index (χ1v) is 16.6. The Morgan fingerprint density at radius 1 is 0.880 bits per heavy atom. The Hall–Kier alpha value is -5.66. The molecule has 14 heteroatoms. The molecule has 0 bridgehead atoms. The van der Waals surface area contributed by atoms with Crippen molar-refractivity contribution in [3.05, 3.63) is 106 Å². The van der Waals surface area contributed by atoms with Crippen molar-refractivity contribution >= 4 is 51.5 Å². The molecular formula is C36H33ClN6O6S. The first-order valence-electron chi connectivity index (χ1n) is 15.3. The number of methoxy groups -OCH3 is 4. The Bertz CT molecular complexity index is 2140. The molecule has 2 amide bonds. The lowest BCUT2D eigenvalue weighted by molar-refractivity contribution is -0.140. The number of nitrogens with one attached hydrogen (secondary N) is 1. The number of thiazole rings is 1. The van der Waals surface area contributed by atoms with E-state index < -0.39 is 17.9 Å². The van der Waals surface area contributed by atoms with Crippen LogP contribution >= 0.6 is 22.9 Å². The molecule has 2 heterocycles. The zero-order valence-electron chi connectivity index (χ0n) is 27.6. The molecule has 0 aliphatic rings.